The highest BCUT2D eigenvalue weighted by molar-refractivity contribution is 9.10. The monoisotopic (exact) mass is 532 g/mol. The Bertz CT molecular complexity index is 1070. The average molecular weight is 533 g/mol. The molecule has 0 radical (unpaired) electrons. The molecule has 10 heteroatoms. The molecule has 2 rings (SSSR count). The summed E-state index contributed by atoms with van der Waals surface area (Å²) < 4.78 is 11.6. The van der Waals surface area contributed by atoms with Gasteiger partial charge in [-0.25, -0.2) is 5.43 Å². The van der Waals surface area contributed by atoms with Gasteiger partial charge in [-0.2, -0.15) is 5.10 Å². The standard InChI is InChI=1S/C24H29BrN4O5/c1-5-6-9-26-23(31)24(32)29-27-13-17-11-19(25)22(20(12-17)33-4)34-14-21(30)28-18-8-7-15(2)16(3)10-18/h7-8,10-13H,5-6,9,14H2,1-4H3,(H,26,31)(H,28,30)(H,29,32)/b27-13-. The Morgan fingerprint density at radius 2 is 1.85 bits per heavy atom. The Balaban J connectivity index is 1.97. The van der Waals surface area contributed by atoms with Crippen molar-refractivity contribution in [2.75, 3.05) is 25.6 Å². The fourth-order valence-electron chi connectivity index (χ4n) is 2.78. The van der Waals surface area contributed by atoms with Crippen molar-refractivity contribution in [3.63, 3.8) is 0 Å². The predicted octanol–water partition coefficient (Wildman–Crippen LogP) is 3.46. The van der Waals surface area contributed by atoms with Gasteiger partial charge in [-0.15, -0.1) is 0 Å². The van der Waals surface area contributed by atoms with Crippen molar-refractivity contribution < 1.29 is 23.9 Å². The van der Waals surface area contributed by atoms with Crippen LogP contribution in [0.4, 0.5) is 5.69 Å². The van der Waals surface area contributed by atoms with Crippen molar-refractivity contribution in [2.45, 2.75) is 33.6 Å². The lowest BCUT2D eigenvalue weighted by molar-refractivity contribution is -0.139. The van der Waals surface area contributed by atoms with Crippen molar-refractivity contribution in [3.05, 3.63) is 51.5 Å². The molecule has 2 aromatic carbocycles. The summed E-state index contributed by atoms with van der Waals surface area (Å²) in [7, 11) is 1.47. The molecule has 2 aromatic rings. The number of nitrogens with zero attached hydrogens (tertiary/aromatic N) is 1. The van der Waals surface area contributed by atoms with Gasteiger partial charge in [0.05, 0.1) is 17.8 Å². The fourth-order valence-corrected chi connectivity index (χ4v) is 3.36. The fraction of sp³-hybridized carbons (Fsp3) is 0.333. The molecule has 0 bridgehead atoms. The lowest BCUT2D eigenvalue weighted by atomic mass is 10.1. The van der Waals surface area contributed by atoms with E-state index in [0.717, 1.165) is 24.0 Å². The largest absolute Gasteiger partial charge is 0.493 e. The first-order valence-corrected chi connectivity index (χ1v) is 11.5. The van der Waals surface area contributed by atoms with Gasteiger partial charge in [0.1, 0.15) is 0 Å². The maximum absolute atomic E-state index is 12.3. The predicted molar refractivity (Wildman–Crippen MR) is 134 cm³/mol. The molecule has 0 unspecified atom stereocenters. The molecule has 0 heterocycles. The summed E-state index contributed by atoms with van der Waals surface area (Å²) in [6, 6.07) is 8.96. The molecule has 0 aliphatic heterocycles. The Morgan fingerprint density at radius 3 is 2.53 bits per heavy atom. The maximum atomic E-state index is 12.3. The van der Waals surface area contributed by atoms with E-state index < -0.39 is 11.8 Å². The van der Waals surface area contributed by atoms with E-state index in [-0.39, 0.29) is 12.5 Å². The van der Waals surface area contributed by atoms with Crippen LogP contribution in [0.5, 0.6) is 11.5 Å². The van der Waals surface area contributed by atoms with E-state index in [9.17, 15) is 14.4 Å². The molecule has 0 atom stereocenters. The first-order chi connectivity index (χ1) is 16.2. The van der Waals surface area contributed by atoms with Gasteiger partial charge in [0, 0.05) is 12.2 Å². The third-order valence-electron chi connectivity index (χ3n) is 4.79. The molecule has 3 amide bonds. The zero-order valence-corrected chi connectivity index (χ0v) is 21.2. The number of anilines is 1. The minimum Gasteiger partial charge on any atom is -0.493 e. The summed E-state index contributed by atoms with van der Waals surface area (Å²) in [5.41, 5.74) is 5.66. The molecule has 9 nitrogen and oxygen atoms in total. The van der Waals surface area contributed by atoms with Crippen molar-refractivity contribution in [2.24, 2.45) is 5.10 Å². The molecule has 0 saturated heterocycles. The smallest absolute Gasteiger partial charge is 0.329 e. The van der Waals surface area contributed by atoms with Gasteiger partial charge in [-0.1, -0.05) is 19.4 Å². The van der Waals surface area contributed by atoms with Gasteiger partial charge in [0.2, 0.25) is 0 Å². The summed E-state index contributed by atoms with van der Waals surface area (Å²) in [6.45, 7) is 6.17. The lowest BCUT2D eigenvalue weighted by Gasteiger charge is -2.14. The van der Waals surface area contributed by atoms with E-state index >= 15 is 0 Å². The Hall–Kier alpha value is -3.40. The Kier molecular flexibility index (Phi) is 10.5. The van der Waals surface area contributed by atoms with Crippen LogP contribution in [-0.4, -0.2) is 44.2 Å². The van der Waals surface area contributed by atoms with E-state index in [2.05, 4.69) is 37.1 Å². The molecule has 182 valence electrons. The Labute approximate surface area is 207 Å². The summed E-state index contributed by atoms with van der Waals surface area (Å²) in [6.07, 6.45) is 3.06. The van der Waals surface area contributed by atoms with Crippen LogP contribution in [0.3, 0.4) is 0 Å². The highest BCUT2D eigenvalue weighted by atomic mass is 79.9. The van der Waals surface area contributed by atoms with Crippen LogP contribution < -0.4 is 25.5 Å². The van der Waals surface area contributed by atoms with E-state index in [1.807, 2.05) is 39.0 Å². The number of rotatable bonds is 10. The number of carbonyl (C=O) groups is 3. The summed E-state index contributed by atoms with van der Waals surface area (Å²) in [5, 5.41) is 9.11. The third-order valence-corrected chi connectivity index (χ3v) is 5.38. The number of amides is 3. The van der Waals surface area contributed by atoms with E-state index in [4.69, 9.17) is 9.47 Å². The van der Waals surface area contributed by atoms with Crippen molar-refractivity contribution in [1.82, 2.24) is 10.7 Å². The zero-order valence-electron chi connectivity index (χ0n) is 19.7. The second-order valence-electron chi connectivity index (χ2n) is 7.48. The van der Waals surface area contributed by atoms with Crippen molar-refractivity contribution >= 4 is 45.6 Å². The second-order valence-corrected chi connectivity index (χ2v) is 8.33. The first kappa shape index (κ1) is 26.8. The maximum Gasteiger partial charge on any atom is 0.329 e. The molecule has 0 spiro atoms. The Morgan fingerprint density at radius 1 is 1.09 bits per heavy atom. The normalized spacial score (nSPS) is 10.6. The first-order valence-electron chi connectivity index (χ1n) is 10.7. The molecule has 3 N–H and O–H groups in total. The van der Waals surface area contributed by atoms with Gasteiger partial charge >= 0.3 is 11.8 Å². The number of carbonyl (C=O) groups excluding carboxylic acids is 3. The minimum absolute atomic E-state index is 0.224. The van der Waals surface area contributed by atoms with Crippen LogP contribution in [0.25, 0.3) is 0 Å². The molecule has 34 heavy (non-hydrogen) atoms. The number of halogens is 1. The van der Waals surface area contributed by atoms with Crippen LogP contribution in [-0.2, 0) is 14.4 Å². The summed E-state index contributed by atoms with van der Waals surface area (Å²) in [5.74, 6) is -1.21. The van der Waals surface area contributed by atoms with Gasteiger partial charge < -0.3 is 20.1 Å². The van der Waals surface area contributed by atoms with E-state index in [0.29, 0.717) is 33.8 Å². The number of methoxy groups -OCH3 is 1. The van der Waals surface area contributed by atoms with Crippen molar-refractivity contribution in [1.29, 1.82) is 0 Å². The minimum atomic E-state index is -0.854. The zero-order chi connectivity index (χ0) is 25.1. The number of hydrogen-bond donors (Lipinski definition) is 3. The van der Waals surface area contributed by atoms with Gasteiger partial charge in [0.25, 0.3) is 5.91 Å². The van der Waals surface area contributed by atoms with Crippen LogP contribution in [0, 0.1) is 13.8 Å². The van der Waals surface area contributed by atoms with Crippen LogP contribution in [0.1, 0.15) is 36.5 Å². The molecule has 0 aromatic heterocycles. The lowest BCUT2D eigenvalue weighted by Crippen LogP contribution is -2.38. The van der Waals surface area contributed by atoms with E-state index in [1.54, 1.807) is 12.1 Å². The molecule has 0 aliphatic carbocycles. The average Bonchev–Trinajstić information content (AvgIpc) is 2.80. The summed E-state index contributed by atoms with van der Waals surface area (Å²) >= 11 is 3.40. The molecule has 0 aliphatic rings. The third kappa shape index (κ3) is 8.18. The van der Waals surface area contributed by atoms with E-state index in [1.165, 1.54) is 13.3 Å². The molecular weight excluding hydrogens is 504 g/mol. The number of aryl methyl sites for hydroxylation is 2. The number of benzene rings is 2. The van der Waals surface area contributed by atoms with Gasteiger partial charge in [-0.3, -0.25) is 14.4 Å². The van der Waals surface area contributed by atoms with Crippen molar-refractivity contribution in [3.8, 4) is 11.5 Å². The number of nitrogens with one attached hydrogen (secondary N) is 3. The SMILES string of the molecule is CCCCNC(=O)C(=O)N/N=C\c1cc(Br)c(OCC(=O)Nc2ccc(C)c(C)c2)c(OC)c1. The van der Waals surface area contributed by atoms with Crippen LogP contribution in [0.2, 0.25) is 0 Å². The highest BCUT2D eigenvalue weighted by Crippen LogP contribution is 2.36. The second kappa shape index (κ2) is 13.3. The number of hydrogen-bond acceptors (Lipinski definition) is 6. The molecule has 0 fully saturated rings. The number of hydrazone groups is 1. The highest BCUT2D eigenvalue weighted by Gasteiger charge is 2.14. The van der Waals surface area contributed by atoms with Gasteiger partial charge in [0.15, 0.2) is 18.1 Å². The molecule has 0 saturated carbocycles. The van der Waals surface area contributed by atoms with Crippen LogP contribution >= 0.6 is 15.9 Å². The topological polar surface area (TPSA) is 118 Å². The quantitative estimate of drug-likeness (QED) is 0.187. The molecular formula is C24H29BrN4O5. The number of unbranched alkanes of at least 4 members (excludes halogenated alkanes) is 1. The van der Waals surface area contributed by atoms with Gasteiger partial charge in [-0.05, 0) is 77.2 Å². The number of ether oxygens (including phenoxy) is 2. The summed E-state index contributed by atoms with van der Waals surface area (Å²) in [4.78, 5) is 35.7. The van der Waals surface area contributed by atoms with Crippen LogP contribution in [0.15, 0.2) is 39.9 Å².